The second kappa shape index (κ2) is 11.6. The van der Waals surface area contributed by atoms with Gasteiger partial charge in [-0.2, -0.15) is 0 Å². The zero-order chi connectivity index (χ0) is 20.3. The number of furan rings is 1. The van der Waals surface area contributed by atoms with Crippen molar-refractivity contribution < 1.29 is 4.42 Å². The molecule has 3 heterocycles. The lowest BCUT2D eigenvalue weighted by Gasteiger charge is -2.30. The fourth-order valence-corrected chi connectivity index (χ4v) is 3.56. The Hall–Kier alpha value is -2.35. The van der Waals surface area contributed by atoms with Crippen LogP contribution in [0.1, 0.15) is 44.7 Å². The minimum Gasteiger partial charge on any atom is -0.467 e. The van der Waals surface area contributed by atoms with Crippen LogP contribution in [0.5, 0.6) is 0 Å². The van der Waals surface area contributed by atoms with Crippen molar-refractivity contribution in [1.29, 1.82) is 0 Å². The van der Waals surface area contributed by atoms with Gasteiger partial charge in [-0.15, -0.1) is 10.2 Å². The van der Waals surface area contributed by atoms with Crippen molar-refractivity contribution in [2.45, 2.75) is 52.6 Å². The average Bonchev–Trinajstić information content (AvgIpc) is 3.41. The molecule has 1 aliphatic heterocycles. The lowest BCUT2D eigenvalue weighted by Crippen LogP contribution is -2.41. The van der Waals surface area contributed by atoms with Crippen molar-refractivity contribution >= 4 is 5.96 Å². The highest BCUT2D eigenvalue weighted by Crippen LogP contribution is 2.15. The van der Waals surface area contributed by atoms with Gasteiger partial charge in [-0.1, -0.05) is 13.8 Å². The molecule has 0 aromatic carbocycles. The first-order valence-corrected chi connectivity index (χ1v) is 10.9. The maximum Gasteiger partial charge on any atom is 0.191 e. The smallest absolute Gasteiger partial charge is 0.191 e. The van der Waals surface area contributed by atoms with E-state index in [0.717, 1.165) is 62.5 Å². The van der Waals surface area contributed by atoms with E-state index in [-0.39, 0.29) is 0 Å². The van der Waals surface area contributed by atoms with Crippen LogP contribution >= 0.6 is 0 Å². The van der Waals surface area contributed by atoms with E-state index in [1.165, 1.54) is 25.9 Å². The average molecular weight is 402 g/mol. The van der Waals surface area contributed by atoms with Crippen LogP contribution in [0.25, 0.3) is 0 Å². The fraction of sp³-hybridized carbons (Fsp3) is 0.667. The van der Waals surface area contributed by atoms with E-state index in [1.54, 1.807) is 12.6 Å². The lowest BCUT2D eigenvalue weighted by molar-refractivity contribution is 0.191. The number of hydrogen-bond acceptors (Lipinski definition) is 5. The summed E-state index contributed by atoms with van der Waals surface area (Å²) in [7, 11) is 0. The second-order valence-electron chi connectivity index (χ2n) is 7.77. The van der Waals surface area contributed by atoms with Gasteiger partial charge in [-0.3, -0.25) is 0 Å². The van der Waals surface area contributed by atoms with Gasteiger partial charge in [0.15, 0.2) is 5.96 Å². The minimum absolute atomic E-state index is 0.527. The second-order valence-corrected chi connectivity index (χ2v) is 7.77. The Kier molecular flexibility index (Phi) is 8.55. The summed E-state index contributed by atoms with van der Waals surface area (Å²) in [5, 5.41) is 15.0. The molecule has 0 amide bonds. The van der Waals surface area contributed by atoms with Gasteiger partial charge >= 0.3 is 0 Å². The number of nitrogens with one attached hydrogen (secondary N) is 2. The van der Waals surface area contributed by atoms with Crippen LogP contribution in [0.2, 0.25) is 0 Å². The summed E-state index contributed by atoms with van der Waals surface area (Å²) >= 11 is 0. The lowest BCUT2D eigenvalue weighted by atomic mass is 9.99. The van der Waals surface area contributed by atoms with Gasteiger partial charge in [0.2, 0.25) is 0 Å². The molecule has 160 valence electrons. The van der Waals surface area contributed by atoms with Gasteiger partial charge in [0.05, 0.1) is 6.26 Å². The topological polar surface area (TPSA) is 83.5 Å². The Labute approximate surface area is 173 Å². The molecule has 2 aromatic heterocycles. The maximum absolute atomic E-state index is 5.40. The highest BCUT2D eigenvalue weighted by atomic mass is 16.3. The van der Waals surface area contributed by atoms with E-state index >= 15 is 0 Å². The number of nitrogens with zero attached hydrogens (tertiary/aromatic N) is 5. The number of guanidine groups is 1. The van der Waals surface area contributed by atoms with Gasteiger partial charge < -0.3 is 24.5 Å². The van der Waals surface area contributed by atoms with E-state index in [2.05, 4.69) is 49.1 Å². The molecule has 0 spiro atoms. The van der Waals surface area contributed by atoms with Crippen molar-refractivity contribution in [2.75, 3.05) is 32.7 Å². The zero-order valence-electron chi connectivity index (χ0n) is 17.8. The summed E-state index contributed by atoms with van der Waals surface area (Å²) in [4.78, 5) is 7.24. The molecule has 0 bridgehead atoms. The van der Waals surface area contributed by atoms with Crippen molar-refractivity contribution in [3.8, 4) is 0 Å². The third kappa shape index (κ3) is 7.20. The predicted molar refractivity (Wildman–Crippen MR) is 115 cm³/mol. The third-order valence-corrected chi connectivity index (χ3v) is 5.45. The summed E-state index contributed by atoms with van der Waals surface area (Å²) in [6.07, 6.45) is 8.12. The van der Waals surface area contributed by atoms with Crippen LogP contribution in [0, 0.1) is 5.92 Å². The van der Waals surface area contributed by atoms with E-state index < -0.39 is 0 Å². The van der Waals surface area contributed by atoms with Crippen LogP contribution in [0.3, 0.4) is 0 Å². The molecule has 0 saturated carbocycles. The summed E-state index contributed by atoms with van der Waals surface area (Å²) in [5.74, 6) is 3.57. The van der Waals surface area contributed by atoms with Crippen molar-refractivity contribution in [3.63, 3.8) is 0 Å². The maximum atomic E-state index is 5.40. The van der Waals surface area contributed by atoms with Gasteiger partial charge in [0.25, 0.3) is 0 Å². The van der Waals surface area contributed by atoms with Crippen molar-refractivity contribution in [2.24, 2.45) is 10.9 Å². The first-order chi connectivity index (χ1) is 14.2. The first kappa shape index (κ1) is 21.4. The minimum atomic E-state index is 0.527. The highest BCUT2D eigenvalue weighted by molar-refractivity contribution is 5.79. The predicted octanol–water partition coefficient (Wildman–Crippen LogP) is 2.29. The van der Waals surface area contributed by atoms with Crippen molar-refractivity contribution in [3.05, 3.63) is 36.3 Å². The zero-order valence-corrected chi connectivity index (χ0v) is 17.8. The largest absolute Gasteiger partial charge is 0.467 e. The van der Waals surface area contributed by atoms with E-state index in [1.807, 2.05) is 12.1 Å². The number of hydrogen-bond donors (Lipinski definition) is 2. The Bertz CT molecular complexity index is 717. The molecule has 1 saturated heterocycles. The Morgan fingerprint density at radius 3 is 2.83 bits per heavy atom. The fourth-order valence-electron chi connectivity index (χ4n) is 3.56. The third-order valence-electron chi connectivity index (χ3n) is 5.45. The molecule has 0 aliphatic carbocycles. The summed E-state index contributed by atoms with van der Waals surface area (Å²) in [5.41, 5.74) is 0. The molecule has 0 unspecified atom stereocenters. The molecule has 0 radical (unpaired) electrons. The van der Waals surface area contributed by atoms with Crippen LogP contribution in [-0.4, -0.2) is 58.3 Å². The van der Waals surface area contributed by atoms with Crippen molar-refractivity contribution in [1.82, 2.24) is 30.3 Å². The molecule has 8 nitrogen and oxygen atoms in total. The Morgan fingerprint density at radius 2 is 2.07 bits per heavy atom. The Morgan fingerprint density at radius 1 is 1.24 bits per heavy atom. The molecule has 2 N–H and O–H groups in total. The molecule has 1 aliphatic rings. The van der Waals surface area contributed by atoms with Gasteiger partial charge in [0.1, 0.15) is 24.5 Å². The number of rotatable bonds is 10. The molecular formula is C21H35N7O. The normalized spacial score (nSPS) is 16.3. The summed E-state index contributed by atoms with van der Waals surface area (Å²) in [6, 6.07) is 3.84. The number of aryl methyl sites for hydroxylation is 1. The molecule has 8 heteroatoms. The van der Waals surface area contributed by atoms with E-state index in [9.17, 15) is 0 Å². The molecular weight excluding hydrogens is 366 g/mol. The van der Waals surface area contributed by atoms with Crippen LogP contribution in [0.15, 0.2) is 34.1 Å². The SMILES string of the molecule is CCc1nncn1CCNC(=NCc1ccco1)NCCCN1CCC(C)CC1. The summed E-state index contributed by atoms with van der Waals surface area (Å²) in [6.45, 7) is 11.1. The number of piperidine rings is 1. The summed E-state index contributed by atoms with van der Waals surface area (Å²) < 4.78 is 7.48. The van der Waals surface area contributed by atoms with E-state index in [0.29, 0.717) is 6.54 Å². The van der Waals surface area contributed by atoms with Crippen LogP contribution in [0.4, 0.5) is 0 Å². The van der Waals surface area contributed by atoms with Crippen LogP contribution < -0.4 is 10.6 Å². The highest BCUT2D eigenvalue weighted by Gasteiger charge is 2.14. The molecule has 1 fully saturated rings. The first-order valence-electron chi connectivity index (χ1n) is 10.9. The molecule has 2 aromatic rings. The van der Waals surface area contributed by atoms with Gasteiger partial charge in [0, 0.05) is 26.1 Å². The monoisotopic (exact) mass is 401 g/mol. The molecule has 0 atom stereocenters. The number of likely N-dealkylation sites (tertiary alicyclic amines) is 1. The quantitative estimate of drug-likeness (QED) is 0.361. The van der Waals surface area contributed by atoms with E-state index in [4.69, 9.17) is 4.42 Å². The molecule has 29 heavy (non-hydrogen) atoms. The molecule has 3 rings (SSSR count). The van der Waals surface area contributed by atoms with Gasteiger partial charge in [-0.05, 0) is 56.9 Å². The van der Waals surface area contributed by atoms with Gasteiger partial charge in [-0.25, -0.2) is 4.99 Å². The number of aliphatic imine (C=N–C) groups is 1. The number of aromatic nitrogens is 3. The van der Waals surface area contributed by atoms with Crippen LogP contribution in [-0.2, 0) is 19.5 Å². The Balaban J connectivity index is 1.43. The standard InChI is InChI=1S/C21H35N7O/c1-3-20-26-25-17-28(20)14-10-23-21(24-16-19-6-4-15-29-19)22-9-5-11-27-12-7-18(2)8-13-27/h4,6,15,17-18H,3,5,7-14,16H2,1-2H3,(H2,22,23,24).